The molecule has 3 aromatic rings. The predicted octanol–water partition coefficient (Wildman–Crippen LogP) is 4.32. The van der Waals surface area contributed by atoms with Crippen LogP contribution < -0.4 is 15.0 Å². The number of aryl methyl sites for hydroxylation is 2. The first-order valence-electron chi connectivity index (χ1n) is 8.34. The van der Waals surface area contributed by atoms with Gasteiger partial charge in [-0.05, 0) is 43.7 Å². The van der Waals surface area contributed by atoms with Crippen LogP contribution in [0, 0.1) is 25.5 Å². The summed E-state index contributed by atoms with van der Waals surface area (Å²) < 4.78 is 39.1. The van der Waals surface area contributed by atoms with Crippen LogP contribution in [-0.4, -0.2) is 11.7 Å². The normalized spacial score (nSPS) is 10.7. The number of nitrogens with zero attached hydrogens (tertiary/aromatic N) is 1. The van der Waals surface area contributed by atoms with Gasteiger partial charge in [0.1, 0.15) is 29.7 Å². The summed E-state index contributed by atoms with van der Waals surface area (Å²) in [5.74, 6) is -0.455. The second kappa shape index (κ2) is 7.61. The standard InChI is InChI=1S/C21H19F2NO3/c1-13-4-7-20(26-3)19(8-13)24-14(2)9-17(11-21(24)25)27-12-15-5-6-16(22)10-18(15)23/h4-11H,12H2,1-3H3. The van der Waals surface area contributed by atoms with Crippen LogP contribution >= 0.6 is 0 Å². The van der Waals surface area contributed by atoms with Gasteiger partial charge in [-0.25, -0.2) is 8.78 Å². The molecular formula is C21H19F2NO3. The number of aromatic nitrogens is 1. The highest BCUT2D eigenvalue weighted by atomic mass is 19.1. The van der Waals surface area contributed by atoms with Crippen LogP contribution in [0.5, 0.6) is 11.5 Å². The summed E-state index contributed by atoms with van der Waals surface area (Å²) in [5.41, 5.74) is 2.17. The van der Waals surface area contributed by atoms with Crippen molar-refractivity contribution >= 4 is 0 Å². The Hall–Kier alpha value is -3.15. The van der Waals surface area contributed by atoms with Crippen molar-refractivity contribution in [1.82, 2.24) is 4.57 Å². The number of halogens is 2. The summed E-state index contributed by atoms with van der Waals surface area (Å²) >= 11 is 0. The van der Waals surface area contributed by atoms with Crippen LogP contribution in [-0.2, 0) is 6.61 Å². The Labute approximate surface area is 155 Å². The zero-order valence-electron chi connectivity index (χ0n) is 15.3. The van der Waals surface area contributed by atoms with Crippen molar-refractivity contribution < 1.29 is 18.3 Å². The van der Waals surface area contributed by atoms with Gasteiger partial charge in [-0.15, -0.1) is 0 Å². The van der Waals surface area contributed by atoms with E-state index in [4.69, 9.17) is 9.47 Å². The number of benzene rings is 2. The number of pyridine rings is 1. The molecule has 6 heteroatoms. The largest absolute Gasteiger partial charge is 0.495 e. The van der Waals surface area contributed by atoms with Crippen molar-refractivity contribution in [3.63, 3.8) is 0 Å². The molecule has 0 aliphatic rings. The van der Waals surface area contributed by atoms with Crippen molar-refractivity contribution in [2.24, 2.45) is 0 Å². The zero-order valence-corrected chi connectivity index (χ0v) is 15.3. The quantitative estimate of drug-likeness (QED) is 0.671. The monoisotopic (exact) mass is 371 g/mol. The van der Waals surface area contributed by atoms with Crippen molar-refractivity contribution in [2.45, 2.75) is 20.5 Å². The Morgan fingerprint density at radius 1 is 1.00 bits per heavy atom. The molecule has 0 saturated carbocycles. The molecule has 0 fully saturated rings. The van der Waals surface area contributed by atoms with Crippen LogP contribution in [0.1, 0.15) is 16.8 Å². The SMILES string of the molecule is COc1ccc(C)cc1-n1c(C)cc(OCc2ccc(F)cc2F)cc1=O. The van der Waals surface area contributed by atoms with Gasteiger partial charge in [0.25, 0.3) is 5.56 Å². The maximum Gasteiger partial charge on any atom is 0.259 e. The summed E-state index contributed by atoms with van der Waals surface area (Å²) in [6.45, 7) is 3.59. The van der Waals surface area contributed by atoms with Gasteiger partial charge in [-0.1, -0.05) is 6.07 Å². The summed E-state index contributed by atoms with van der Waals surface area (Å²) in [4.78, 5) is 12.7. The van der Waals surface area contributed by atoms with E-state index in [1.54, 1.807) is 26.2 Å². The Bertz CT molecular complexity index is 1040. The number of hydrogen-bond donors (Lipinski definition) is 0. The third kappa shape index (κ3) is 4.00. The van der Waals surface area contributed by atoms with Crippen LogP contribution in [0.25, 0.3) is 5.69 Å². The summed E-state index contributed by atoms with van der Waals surface area (Å²) in [5, 5.41) is 0. The van der Waals surface area contributed by atoms with Crippen LogP contribution in [0.3, 0.4) is 0 Å². The minimum atomic E-state index is -0.690. The topological polar surface area (TPSA) is 40.5 Å². The lowest BCUT2D eigenvalue weighted by Gasteiger charge is -2.16. The van der Waals surface area contributed by atoms with Gasteiger partial charge in [0, 0.05) is 29.5 Å². The van der Waals surface area contributed by atoms with Gasteiger partial charge in [0.15, 0.2) is 0 Å². The average Bonchev–Trinajstić information content (AvgIpc) is 2.60. The molecule has 3 rings (SSSR count). The first kappa shape index (κ1) is 18.6. The van der Waals surface area contributed by atoms with Crippen LogP contribution in [0.4, 0.5) is 8.78 Å². The molecule has 0 spiro atoms. The smallest absolute Gasteiger partial charge is 0.259 e. The molecule has 0 N–H and O–H groups in total. The van der Waals surface area contributed by atoms with Crippen molar-refractivity contribution in [3.8, 4) is 17.2 Å². The molecule has 0 unspecified atom stereocenters. The minimum absolute atomic E-state index is 0.108. The van der Waals surface area contributed by atoms with E-state index in [-0.39, 0.29) is 17.7 Å². The van der Waals surface area contributed by atoms with Gasteiger partial charge in [-0.3, -0.25) is 9.36 Å². The molecule has 1 heterocycles. The molecule has 0 radical (unpaired) electrons. The molecule has 0 aliphatic carbocycles. The van der Waals surface area contributed by atoms with E-state index in [2.05, 4.69) is 0 Å². The lowest BCUT2D eigenvalue weighted by atomic mass is 10.2. The third-order valence-electron chi connectivity index (χ3n) is 4.17. The van der Waals surface area contributed by atoms with Crippen molar-refractivity contribution in [1.29, 1.82) is 0 Å². The average molecular weight is 371 g/mol. The lowest BCUT2D eigenvalue weighted by molar-refractivity contribution is 0.298. The molecule has 2 aromatic carbocycles. The first-order chi connectivity index (χ1) is 12.9. The molecule has 1 aromatic heterocycles. The molecule has 0 aliphatic heterocycles. The maximum absolute atomic E-state index is 13.7. The van der Waals surface area contributed by atoms with Gasteiger partial charge in [-0.2, -0.15) is 0 Å². The van der Waals surface area contributed by atoms with Gasteiger partial charge >= 0.3 is 0 Å². The second-order valence-electron chi connectivity index (χ2n) is 6.21. The van der Waals surface area contributed by atoms with E-state index in [9.17, 15) is 13.6 Å². The molecular weight excluding hydrogens is 352 g/mol. The molecule has 0 atom stereocenters. The second-order valence-corrected chi connectivity index (χ2v) is 6.21. The fraction of sp³-hybridized carbons (Fsp3) is 0.190. The predicted molar refractivity (Wildman–Crippen MR) is 98.8 cm³/mol. The Balaban J connectivity index is 1.92. The van der Waals surface area contributed by atoms with E-state index in [1.807, 2.05) is 19.1 Å². The number of hydrogen-bond acceptors (Lipinski definition) is 3. The van der Waals surface area contributed by atoms with Crippen molar-refractivity contribution in [3.05, 3.63) is 87.3 Å². The van der Waals surface area contributed by atoms with Crippen LogP contribution in [0.2, 0.25) is 0 Å². The lowest BCUT2D eigenvalue weighted by Crippen LogP contribution is -2.20. The minimum Gasteiger partial charge on any atom is -0.495 e. The molecule has 4 nitrogen and oxygen atoms in total. The van der Waals surface area contributed by atoms with Crippen molar-refractivity contribution in [2.75, 3.05) is 7.11 Å². The van der Waals surface area contributed by atoms with E-state index in [0.717, 1.165) is 17.7 Å². The Morgan fingerprint density at radius 3 is 2.44 bits per heavy atom. The summed E-state index contributed by atoms with van der Waals surface area (Å²) in [7, 11) is 1.54. The summed E-state index contributed by atoms with van der Waals surface area (Å²) in [6, 6.07) is 11.9. The highest BCUT2D eigenvalue weighted by molar-refractivity contribution is 5.50. The van der Waals surface area contributed by atoms with E-state index in [1.165, 1.54) is 16.7 Å². The highest BCUT2D eigenvalue weighted by Crippen LogP contribution is 2.25. The fourth-order valence-electron chi connectivity index (χ4n) is 2.84. The first-order valence-corrected chi connectivity index (χ1v) is 8.34. The fourth-order valence-corrected chi connectivity index (χ4v) is 2.84. The Kier molecular flexibility index (Phi) is 5.26. The Morgan fingerprint density at radius 2 is 1.78 bits per heavy atom. The van der Waals surface area contributed by atoms with E-state index in [0.29, 0.717) is 22.9 Å². The number of ether oxygens (including phenoxy) is 2. The molecule has 0 bridgehead atoms. The van der Waals surface area contributed by atoms with E-state index >= 15 is 0 Å². The molecule has 0 amide bonds. The molecule has 0 saturated heterocycles. The third-order valence-corrected chi connectivity index (χ3v) is 4.17. The maximum atomic E-state index is 13.7. The van der Waals surface area contributed by atoms with Gasteiger partial charge < -0.3 is 9.47 Å². The highest BCUT2D eigenvalue weighted by Gasteiger charge is 2.12. The summed E-state index contributed by atoms with van der Waals surface area (Å²) in [6.07, 6.45) is 0. The number of methoxy groups -OCH3 is 1. The molecule has 27 heavy (non-hydrogen) atoms. The molecule has 140 valence electrons. The number of rotatable bonds is 5. The zero-order chi connectivity index (χ0) is 19.6. The van der Waals surface area contributed by atoms with Gasteiger partial charge in [0.05, 0.1) is 12.8 Å². The van der Waals surface area contributed by atoms with Gasteiger partial charge in [0.2, 0.25) is 0 Å². The van der Waals surface area contributed by atoms with E-state index < -0.39 is 11.6 Å². The van der Waals surface area contributed by atoms with Crippen LogP contribution in [0.15, 0.2) is 53.3 Å².